The number of alkyl halides is 1. The van der Waals surface area contributed by atoms with E-state index in [1.807, 2.05) is 12.1 Å². The summed E-state index contributed by atoms with van der Waals surface area (Å²) in [5.74, 6) is -0.920. The first-order valence-corrected chi connectivity index (χ1v) is 6.93. The molecule has 1 aromatic heterocycles. The van der Waals surface area contributed by atoms with E-state index in [0.717, 1.165) is 0 Å². The molecule has 1 atom stereocenters. The van der Waals surface area contributed by atoms with Crippen LogP contribution in [-0.2, 0) is 6.42 Å². The minimum Gasteiger partial charge on any atom is -0.441 e. The maximum Gasteiger partial charge on any atom is 0.197 e. The van der Waals surface area contributed by atoms with E-state index in [4.69, 9.17) is 16.0 Å². The van der Waals surface area contributed by atoms with Gasteiger partial charge in [-0.1, -0.05) is 18.2 Å². The summed E-state index contributed by atoms with van der Waals surface area (Å²) in [4.78, 5) is 4.26. The average molecular weight is 308 g/mol. The van der Waals surface area contributed by atoms with E-state index in [2.05, 4.69) is 4.98 Å². The van der Waals surface area contributed by atoms with Gasteiger partial charge in [-0.15, -0.1) is 11.6 Å². The lowest BCUT2D eigenvalue weighted by molar-refractivity contribution is 0.505. The SMILES string of the molecule is Cc1ccc(F)c(C(Cl)Cc2nc3ccccc3o2)c1F. The van der Waals surface area contributed by atoms with E-state index >= 15 is 0 Å². The van der Waals surface area contributed by atoms with Crippen LogP contribution in [0.1, 0.15) is 22.4 Å². The molecule has 0 aliphatic carbocycles. The van der Waals surface area contributed by atoms with Gasteiger partial charge in [-0.3, -0.25) is 0 Å². The normalized spacial score (nSPS) is 12.8. The van der Waals surface area contributed by atoms with E-state index in [1.165, 1.54) is 12.1 Å². The fourth-order valence-electron chi connectivity index (χ4n) is 2.23. The molecule has 0 spiro atoms. The van der Waals surface area contributed by atoms with Gasteiger partial charge in [0.1, 0.15) is 17.2 Å². The fraction of sp³-hybridized carbons (Fsp3) is 0.188. The Hall–Kier alpha value is -1.94. The predicted molar refractivity (Wildman–Crippen MR) is 77.4 cm³/mol. The van der Waals surface area contributed by atoms with Crippen molar-refractivity contribution in [2.45, 2.75) is 18.7 Å². The van der Waals surface area contributed by atoms with Crippen LogP contribution in [0.5, 0.6) is 0 Å². The van der Waals surface area contributed by atoms with Crippen LogP contribution in [0.25, 0.3) is 11.1 Å². The highest BCUT2D eigenvalue weighted by atomic mass is 35.5. The van der Waals surface area contributed by atoms with E-state index in [9.17, 15) is 8.78 Å². The molecular weight excluding hydrogens is 296 g/mol. The Balaban J connectivity index is 1.93. The van der Waals surface area contributed by atoms with Gasteiger partial charge in [0.2, 0.25) is 0 Å². The van der Waals surface area contributed by atoms with Crippen molar-refractivity contribution in [1.82, 2.24) is 4.98 Å². The second-order valence-corrected chi connectivity index (χ2v) is 5.37. The number of halogens is 3. The van der Waals surface area contributed by atoms with Gasteiger partial charge in [-0.05, 0) is 30.7 Å². The molecule has 5 heteroatoms. The lowest BCUT2D eigenvalue weighted by Crippen LogP contribution is -2.04. The molecule has 21 heavy (non-hydrogen) atoms. The highest BCUT2D eigenvalue weighted by Crippen LogP contribution is 2.31. The molecule has 0 bridgehead atoms. The number of hydrogen-bond acceptors (Lipinski definition) is 2. The Kier molecular flexibility index (Phi) is 3.64. The molecule has 2 nitrogen and oxygen atoms in total. The third kappa shape index (κ3) is 2.63. The summed E-state index contributed by atoms with van der Waals surface area (Å²) < 4.78 is 33.4. The van der Waals surface area contributed by atoms with Crippen molar-refractivity contribution in [2.24, 2.45) is 0 Å². The molecule has 1 unspecified atom stereocenters. The van der Waals surface area contributed by atoms with Crippen LogP contribution in [0, 0.1) is 18.6 Å². The standard InChI is InChI=1S/C16H12ClF2NO/c1-9-6-7-11(18)15(16(9)19)10(17)8-14-20-12-4-2-3-5-13(12)21-14/h2-7,10H,8H2,1H3. The van der Waals surface area contributed by atoms with Crippen molar-refractivity contribution in [3.8, 4) is 0 Å². The molecule has 3 rings (SSSR count). The topological polar surface area (TPSA) is 26.0 Å². The summed E-state index contributed by atoms with van der Waals surface area (Å²) in [6, 6.07) is 9.86. The summed E-state index contributed by atoms with van der Waals surface area (Å²) in [7, 11) is 0. The van der Waals surface area contributed by atoms with Crippen LogP contribution < -0.4 is 0 Å². The molecule has 108 valence electrons. The van der Waals surface area contributed by atoms with Crippen LogP contribution in [0.2, 0.25) is 0 Å². The third-order valence-corrected chi connectivity index (χ3v) is 3.70. The molecule has 0 aliphatic heterocycles. The Morgan fingerprint density at radius 2 is 1.95 bits per heavy atom. The lowest BCUT2D eigenvalue weighted by Gasteiger charge is -2.11. The van der Waals surface area contributed by atoms with Gasteiger partial charge in [0.15, 0.2) is 11.5 Å². The van der Waals surface area contributed by atoms with Gasteiger partial charge in [0, 0.05) is 12.0 Å². The number of hydrogen-bond donors (Lipinski definition) is 0. The Morgan fingerprint density at radius 1 is 1.19 bits per heavy atom. The third-order valence-electron chi connectivity index (χ3n) is 3.32. The Bertz CT molecular complexity index is 767. The minimum absolute atomic E-state index is 0.119. The molecule has 0 fully saturated rings. The quantitative estimate of drug-likeness (QED) is 0.641. The Labute approximate surface area is 125 Å². The first-order valence-electron chi connectivity index (χ1n) is 6.49. The second-order valence-electron chi connectivity index (χ2n) is 4.84. The molecular formula is C16H12ClF2NO. The summed E-state index contributed by atoms with van der Waals surface area (Å²) in [5, 5.41) is -0.877. The zero-order valence-electron chi connectivity index (χ0n) is 11.2. The molecule has 0 amide bonds. The first-order chi connectivity index (χ1) is 10.1. The van der Waals surface area contributed by atoms with Crippen molar-refractivity contribution >= 4 is 22.7 Å². The smallest absolute Gasteiger partial charge is 0.197 e. The summed E-state index contributed by atoms with van der Waals surface area (Å²) in [5.41, 5.74) is 1.54. The highest BCUT2D eigenvalue weighted by molar-refractivity contribution is 6.21. The van der Waals surface area contributed by atoms with Gasteiger partial charge in [0.05, 0.1) is 5.38 Å². The molecule has 3 aromatic rings. The van der Waals surface area contributed by atoms with Crippen LogP contribution >= 0.6 is 11.6 Å². The average Bonchev–Trinajstić information content (AvgIpc) is 2.85. The number of aromatic nitrogens is 1. The van der Waals surface area contributed by atoms with Gasteiger partial charge in [-0.2, -0.15) is 0 Å². The molecule has 0 saturated carbocycles. The van der Waals surface area contributed by atoms with Crippen molar-refractivity contribution in [2.75, 3.05) is 0 Å². The largest absolute Gasteiger partial charge is 0.441 e. The van der Waals surface area contributed by atoms with Crippen LogP contribution in [0.15, 0.2) is 40.8 Å². The van der Waals surface area contributed by atoms with E-state index in [1.54, 1.807) is 19.1 Å². The van der Waals surface area contributed by atoms with Crippen LogP contribution in [0.3, 0.4) is 0 Å². The second kappa shape index (κ2) is 5.45. The molecule has 1 heterocycles. The number of fused-ring (bicyclic) bond motifs is 1. The number of para-hydroxylation sites is 2. The van der Waals surface area contributed by atoms with Crippen molar-refractivity contribution in [3.63, 3.8) is 0 Å². The fourth-order valence-corrected chi connectivity index (χ4v) is 2.56. The number of oxazole rings is 1. The number of rotatable bonds is 3. The van der Waals surface area contributed by atoms with Gasteiger partial charge in [-0.25, -0.2) is 13.8 Å². The number of nitrogens with zero attached hydrogens (tertiary/aromatic N) is 1. The first kappa shape index (κ1) is 14.0. The monoisotopic (exact) mass is 307 g/mol. The zero-order chi connectivity index (χ0) is 15.0. The van der Waals surface area contributed by atoms with Crippen LogP contribution in [-0.4, -0.2) is 4.98 Å². The van der Waals surface area contributed by atoms with Crippen molar-refractivity contribution in [1.29, 1.82) is 0 Å². The minimum atomic E-state index is -0.877. The number of aryl methyl sites for hydroxylation is 1. The van der Waals surface area contributed by atoms with E-state index in [0.29, 0.717) is 22.6 Å². The van der Waals surface area contributed by atoms with E-state index < -0.39 is 17.0 Å². The lowest BCUT2D eigenvalue weighted by atomic mass is 10.0. The van der Waals surface area contributed by atoms with Crippen molar-refractivity contribution in [3.05, 3.63) is 65.1 Å². The molecule has 2 aromatic carbocycles. The van der Waals surface area contributed by atoms with Gasteiger partial charge in [0.25, 0.3) is 0 Å². The summed E-state index contributed by atoms with van der Waals surface area (Å²) in [6.45, 7) is 1.57. The summed E-state index contributed by atoms with van der Waals surface area (Å²) in [6.07, 6.45) is 0.119. The molecule has 0 saturated heterocycles. The predicted octanol–water partition coefficient (Wildman–Crippen LogP) is 4.94. The van der Waals surface area contributed by atoms with Crippen LogP contribution in [0.4, 0.5) is 8.78 Å². The molecule has 0 aliphatic rings. The Morgan fingerprint density at radius 3 is 2.71 bits per heavy atom. The maximum atomic E-state index is 14.0. The highest BCUT2D eigenvalue weighted by Gasteiger charge is 2.22. The van der Waals surface area contributed by atoms with E-state index in [-0.39, 0.29) is 12.0 Å². The van der Waals surface area contributed by atoms with Crippen molar-refractivity contribution < 1.29 is 13.2 Å². The molecule has 0 N–H and O–H groups in total. The molecule has 0 radical (unpaired) electrons. The number of benzene rings is 2. The van der Waals surface area contributed by atoms with Gasteiger partial charge >= 0.3 is 0 Å². The zero-order valence-corrected chi connectivity index (χ0v) is 12.0. The maximum absolute atomic E-state index is 14.0. The van der Waals surface area contributed by atoms with Gasteiger partial charge < -0.3 is 4.42 Å². The summed E-state index contributed by atoms with van der Waals surface area (Å²) >= 11 is 6.17.